The van der Waals surface area contributed by atoms with Crippen molar-refractivity contribution in [3.05, 3.63) is 59.2 Å². The summed E-state index contributed by atoms with van der Waals surface area (Å²) >= 11 is 0. The Morgan fingerprint density at radius 2 is 1.72 bits per heavy atom. The van der Waals surface area contributed by atoms with Crippen LogP contribution in [0.1, 0.15) is 21.5 Å². The second-order valence-corrected chi connectivity index (χ2v) is 6.64. The van der Waals surface area contributed by atoms with Crippen molar-refractivity contribution >= 4 is 17.3 Å². The maximum Gasteiger partial charge on any atom is 0.336 e. The molecule has 0 atom stereocenters. The number of piperazine rings is 1. The smallest absolute Gasteiger partial charge is 0.336 e. The summed E-state index contributed by atoms with van der Waals surface area (Å²) in [6.45, 7) is 4.29. The second-order valence-electron chi connectivity index (χ2n) is 6.64. The molecular formula is C20H25N3O2. The molecule has 0 amide bonds. The second kappa shape index (κ2) is 7.57. The van der Waals surface area contributed by atoms with Gasteiger partial charge < -0.3 is 20.6 Å². The van der Waals surface area contributed by atoms with Crippen molar-refractivity contribution in [3.8, 4) is 0 Å². The van der Waals surface area contributed by atoms with E-state index in [0.29, 0.717) is 17.7 Å². The number of anilines is 2. The molecule has 0 aliphatic carbocycles. The minimum Gasteiger partial charge on any atom is -0.478 e. The summed E-state index contributed by atoms with van der Waals surface area (Å²) in [6, 6.07) is 13.6. The highest BCUT2D eigenvalue weighted by Crippen LogP contribution is 2.21. The number of benzene rings is 2. The maximum atomic E-state index is 11.4. The van der Waals surface area contributed by atoms with Gasteiger partial charge in [0.15, 0.2) is 0 Å². The summed E-state index contributed by atoms with van der Waals surface area (Å²) < 4.78 is 0. The SMILES string of the molecule is CN1CCN(c2ccc(CCc3c(N)cccc3C(=O)O)cc2)CC1. The molecule has 1 saturated heterocycles. The highest BCUT2D eigenvalue weighted by Gasteiger charge is 2.15. The lowest BCUT2D eigenvalue weighted by molar-refractivity contribution is 0.0695. The van der Waals surface area contributed by atoms with Crippen molar-refractivity contribution < 1.29 is 9.90 Å². The van der Waals surface area contributed by atoms with Gasteiger partial charge >= 0.3 is 5.97 Å². The van der Waals surface area contributed by atoms with E-state index in [0.717, 1.165) is 38.2 Å². The Morgan fingerprint density at radius 3 is 2.36 bits per heavy atom. The van der Waals surface area contributed by atoms with E-state index in [2.05, 4.69) is 41.1 Å². The van der Waals surface area contributed by atoms with Crippen molar-refractivity contribution in [1.29, 1.82) is 0 Å². The lowest BCUT2D eigenvalue weighted by Crippen LogP contribution is -2.44. The fourth-order valence-electron chi connectivity index (χ4n) is 3.29. The Kier molecular flexibility index (Phi) is 5.24. The first-order valence-corrected chi connectivity index (χ1v) is 8.67. The molecule has 5 heteroatoms. The van der Waals surface area contributed by atoms with Gasteiger partial charge in [0.1, 0.15) is 0 Å². The van der Waals surface area contributed by atoms with E-state index < -0.39 is 5.97 Å². The maximum absolute atomic E-state index is 11.4. The van der Waals surface area contributed by atoms with E-state index in [9.17, 15) is 9.90 Å². The first-order valence-electron chi connectivity index (χ1n) is 8.67. The van der Waals surface area contributed by atoms with Gasteiger partial charge in [-0.3, -0.25) is 0 Å². The van der Waals surface area contributed by atoms with Crippen LogP contribution in [-0.4, -0.2) is 49.2 Å². The van der Waals surface area contributed by atoms with Crippen LogP contribution in [0.5, 0.6) is 0 Å². The van der Waals surface area contributed by atoms with Crippen molar-refractivity contribution in [2.24, 2.45) is 0 Å². The van der Waals surface area contributed by atoms with Crippen LogP contribution in [0.3, 0.4) is 0 Å². The predicted octanol–water partition coefficient (Wildman–Crippen LogP) is 2.50. The van der Waals surface area contributed by atoms with E-state index in [1.54, 1.807) is 18.2 Å². The number of carboxylic acid groups (broad SMARTS) is 1. The first kappa shape index (κ1) is 17.3. The van der Waals surface area contributed by atoms with E-state index in [-0.39, 0.29) is 0 Å². The molecule has 3 rings (SSSR count). The Balaban J connectivity index is 1.66. The molecule has 1 aliphatic heterocycles. The largest absolute Gasteiger partial charge is 0.478 e. The number of hydrogen-bond acceptors (Lipinski definition) is 4. The summed E-state index contributed by atoms with van der Waals surface area (Å²) in [7, 11) is 2.15. The van der Waals surface area contributed by atoms with Crippen molar-refractivity contribution in [1.82, 2.24) is 4.90 Å². The number of aromatic carboxylic acids is 1. The molecule has 0 unspecified atom stereocenters. The van der Waals surface area contributed by atoms with E-state index in [4.69, 9.17) is 5.73 Å². The highest BCUT2D eigenvalue weighted by atomic mass is 16.4. The number of nitrogens with zero attached hydrogens (tertiary/aromatic N) is 2. The zero-order chi connectivity index (χ0) is 17.8. The molecule has 0 bridgehead atoms. The Morgan fingerprint density at radius 1 is 1.04 bits per heavy atom. The molecule has 1 aliphatic rings. The van der Waals surface area contributed by atoms with Gasteiger partial charge in [0, 0.05) is 37.6 Å². The van der Waals surface area contributed by atoms with Gasteiger partial charge in [-0.25, -0.2) is 4.79 Å². The molecule has 132 valence electrons. The van der Waals surface area contributed by atoms with Gasteiger partial charge in [0.2, 0.25) is 0 Å². The third-order valence-electron chi connectivity index (χ3n) is 4.91. The van der Waals surface area contributed by atoms with Gasteiger partial charge in [-0.05, 0) is 55.3 Å². The number of carbonyl (C=O) groups is 1. The van der Waals surface area contributed by atoms with Crippen LogP contribution in [0.25, 0.3) is 0 Å². The number of rotatable bonds is 5. The molecule has 0 aromatic heterocycles. The Labute approximate surface area is 148 Å². The standard InChI is InChI=1S/C20H25N3O2/c1-22-11-13-23(14-12-22)16-8-5-15(6-9-16)7-10-17-18(20(24)25)3-2-4-19(17)21/h2-6,8-9H,7,10-14,21H2,1H3,(H,24,25). The lowest BCUT2D eigenvalue weighted by atomic mass is 9.98. The average Bonchev–Trinajstić information content (AvgIpc) is 2.61. The molecule has 0 spiro atoms. The van der Waals surface area contributed by atoms with Crippen LogP contribution >= 0.6 is 0 Å². The first-order chi connectivity index (χ1) is 12.0. The van der Waals surface area contributed by atoms with Crippen LogP contribution in [0, 0.1) is 0 Å². The number of nitrogens with two attached hydrogens (primary N) is 1. The van der Waals surface area contributed by atoms with E-state index in [1.165, 1.54) is 11.3 Å². The van der Waals surface area contributed by atoms with Crippen LogP contribution in [0.15, 0.2) is 42.5 Å². The van der Waals surface area contributed by atoms with E-state index in [1.807, 2.05) is 0 Å². The predicted molar refractivity (Wildman–Crippen MR) is 101 cm³/mol. The summed E-state index contributed by atoms with van der Waals surface area (Å²) in [6.07, 6.45) is 1.40. The minimum absolute atomic E-state index is 0.300. The molecule has 25 heavy (non-hydrogen) atoms. The minimum atomic E-state index is -0.923. The van der Waals surface area contributed by atoms with Crippen LogP contribution < -0.4 is 10.6 Å². The van der Waals surface area contributed by atoms with Crippen molar-refractivity contribution in [2.75, 3.05) is 43.9 Å². The number of carboxylic acids is 1. The number of hydrogen-bond donors (Lipinski definition) is 2. The third-order valence-corrected chi connectivity index (χ3v) is 4.91. The molecule has 1 fully saturated rings. The molecular weight excluding hydrogens is 314 g/mol. The molecule has 0 radical (unpaired) electrons. The van der Waals surface area contributed by atoms with Gasteiger partial charge in [0.25, 0.3) is 0 Å². The Bertz CT molecular complexity index is 735. The Hall–Kier alpha value is -2.53. The summed E-state index contributed by atoms with van der Waals surface area (Å²) in [5, 5.41) is 9.32. The van der Waals surface area contributed by atoms with Gasteiger partial charge in [0.05, 0.1) is 5.56 Å². The molecule has 2 aromatic rings. The summed E-state index contributed by atoms with van der Waals surface area (Å²) in [5.74, 6) is -0.923. The fourth-order valence-corrected chi connectivity index (χ4v) is 3.29. The van der Waals surface area contributed by atoms with E-state index >= 15 is 0 Å². The molecule has 0 saturated carbocycles. The normalized spacial score (nSPS) is 15.3. The van der Waals surface area contributed by atoms with Crippen LogP contribution in [-0.2, 0) is 12.8 Å². The topological polar surface area (TPSA) is 69.8 Å². The third kappa shape index (κ3) is 4.12. The quantitative estimate of drug-likeness (QED) is 0.819. The number of nitrogen functional groups attached to an aromatic ring is 1. The number of likely N-dealkylation sites (N-methyl/N-ethyl adjacent to an activating group) is 1. The van der Waals surface area contributed by atoms with Crippen molar-refractivity contribution in [2.45, 2.75) is 12.8 Å². The average molecular weight is 339 g/mol. The van der Waals surface area contributed by atoms with Crippen LogP contribution in [0.4, 0.5) is 11.4 Å². The van der Waals surface area contributed by atoms with Crippen LogP contribution in [0.2, 0.25) is 0 Å². The summed E-state index contributed by atoms with van der Waals surface area (Å²) in [4.78, 5) is 16.1. The van der Waals surface area contributed by atoms with Gasteiger partial charge in [-0.15, -0.1) is 0 Å². The molecule has 1 heterocycles. The van der Waals surface area contributed by atoms with Gasteiger partial charge in [-0.2, -0.15) is 0 Å². The highest BCUT2D eigenvalue weighted by molar-refractivity contribution is 5.91. The molecule has 5 nitrogen and oxygen atoms in total. The fraction of sp³-hybridized carbons (Fsp3) is 0.350. The molecule has 2 aromatic carbocycles. The van der Waals surface area contributed by atoms with Crippen molar-refractivity contribution in [3.63, 3.8) is 0 Å². The summed E-state index contributed by atoms with van der Waals surface area (Å²) in [5.41, 5.74) is 10.00. The number of aryl methyl sites for hydroxylation is 1. The molecule has 3 N–H and O–H groups in total. The lowest BCUT2D eigenvalue weighted by Gasteiger charge is -2.34. The zero-order valence-electron chi connectivity index (χ0n) is 14.6. The zero-order valence-corrected chi connectivity index (χ0v) is 14.6. The van der Waals surface area contributed by atoms with Gasteiger partial charge in [-0.1, -0.05) is 18.2 Å². The monoisotopic (exact) mass is 339 g/mol.